The molecule has 0 aliphatic carbocycles. The zero-order valence-corrected chi connectivity index (χ0v) is 14.6. The van der Waals surface area contributed by atoms with Crippen molar-refractivity contribution < 1.29 is 23.7 Å². The van der Waals surface area contributed by atoms with Crippen molar-refractivity contribution in [3.63, 3.8) is 0 Å². The molecule has 0 radical (unpaired) electrons. The molecule has 0 aromatic heterocycles. The van der Waals surface area contributed by atoms with Crippen LogP contribution in [0.25, 0.3) is 0 Å². The average molecular weight is 352 g/mol. The van der Waals surface area contributed by atoms with E-state index in [0.717, 1.165) is 0 Å². The first-order valence-electron chi connectivity index (χ1n) is 6.99. The third kappa shape index (κ3) is 3.65. The fourth-order valence-electron chi connectivity index (χ4n) is 2.13. The summed E-state index contributed by atoms with van der Waals surface area (Å²) in [6.45, 7) is 0. The topological polar surface area (TPSA) is 66.0 Å². The lowest BCUT2D eigenvalue weighted by Gasteiger charge is -2.14. The Morgan fingerprint density at radius 1 is 0.875 bits per heavy atom. The minimum absolute atomic E-state index is 0.327. The number of carbonyl (C=O) groups excluding carboxylic acids is 1. The Morgan fingerprint density at radius 2 is 1.50 bits per heavy atom. The van der Waals surface area contributed by atoms with Gasteiger partial charge in [-0.1, -0.05) is 11.6 Å². The number of hydrogen-bond donors (Lipinski definition) is 1. The van der Waals surface area contributed by atoms with Gasteiger partial charge in [0.25, 0.3) is 5.91 Å². The van der Waals surface area contributed by atoms with Gasteiger partial charge in [-0.25, -0.2) is 0 Å². The number of hydrogen-bond acceptors (Lipinski definition) is 5. The number of benzene rings is 2. The third-order valence-electron chi connectivity index (χ3n) is 3.37. The van der Waals surface area contributed by atoms with Gasteiger partial charge in [-0.3, -0.25) is 4.79 Å². The molecule has 0 bridgehead atoms. The molecule has 7 heteroatoms. The number of methoxy groups -OCH3 is 4. The number of anilines is 1. The standard InChI is InChI=1S/C17H18ClNO5/c1-21-10-5-6-11(14(7-10)22-2)17(20)19-13-9-16(24-4)15(23-3)8-12(13)18/h5-9H,1-4H3,(H,19,20). The largest absolute Gasteiger partial charge is 0.497 e. The molecule has 24 heavy (non-hydrogen) atoms. The molecule has 0 spiro atoms. The summed E-state index contributed by atoms with van der Waals surface area (Å²) in [5.41, 5.74) is 0.751. The van der Waals surface area contributed by atoms with Gasteiger partial charge in [0.15, 0.2) is 11.5 Å². The van der Waals surface area contributed by atoms with Crippen LogP contribution in [0.5, 0.6) is 23.0 Å². The molecule has 0 saturated heterocycles. The van der Waals surface area contributed by atoms with Gasteiger partial charge in [0.2, 0.25) is 0 Å². The molecule has 0 saturated carbocycles. The van der Waals surface area contributed by atoms with Crippen LogP contribution >= 0.6 is 11.6 Å². The highest BCUT2D eigenvalue weighted by molar-refractivity contribution is 6.34. The van der Waals surface area contributed by atoms with E-state index in [1.54, 1.807) is 30.3 Å². The second-order valence-corrected chi connectivity index (χ2v) is 5.11. The van der Waals surface area contributed by atoms with E-state index in [1.807, 2.05) is 0 Å². The van der Waals surface area contributed by atoms with Crippen LogP contribution in [0.4, 0.5) is 5.69 Å². The number of carbonyl (C=O) groups is 1. The molecule has 2 rings (SSSR count). The normalized spacial score (nSPS) is 10.0. The summed E-state index contributed by atoms with van der Waals surface area (Å²) in [6.07, 6.45) is 0. The molecule has 0 unspecified atom stereocenters. The molecule has 1 N–H and O–H groups in total. The Morgan fingerprint density at radius 3 is 2.08 bits per heavy atom. The Bertz CT molecular complexity index is 748. The maximum Gasteiger partial charge on any atom is 0.259 e. The molecule has 0 aliphatic heterocycles. The quantitative estimate of drug-likeness (QED) is 0.860. The zero-order chi connectivity index (χ0) is 17.7. The van der Waals surface area contributed by atoms with Gasteiger partial charge < -0.3 is 24.3 Å². The van der Waals surface area contributed by atoms with Crippen LogP contribution in [-0.4, -0.2) is 34.3 Å². The minimum atomic E-state index is -0.372. The van der Waals surface area contributed by atoms with E-state index >= 15 is 0 Å². The fourth-order valence-corrected chi connectivity index (χ4v) is 2.33. The van der Waals surface area contributed by atoms with Crippen molar-refractivity contribution in [2.45, 2.75) is 0 Å². The summed E-state index contributed by atoms with van der Waals surface area (Å²) in [7, 11) is 6.03. The van der Waals surface area contributed by atoms with Gasteiger partial charge in [0, 0.05) is 18.2 Å². The average Bonchev–Trinajstić information content (AvgIpc) is 2.62. The molecule has 0 fully saturated rings. The van der Waals surface area contributed by atoms with E-state index in [1.165, 1.54) is 28.4 Å². The molecule has 1 amide bonds. The monoisotopic (exact) mass is 351 g/mol. The van der Waals surface area contributed by atoms with Crippen molar-refractivity contribution in [1.29, 1.82) is 0 Å². The summed E-state index contributed by atoms with van der Waals surface area (Å²) in [6, 6.07) is 8.08. The number of amides is 1. The van der Waals surface area contributed by atoms with Crippen molar-refractivity contribution in [2.75, 3.05) is 33.8 Å². The molecule has 0 heterocycles. The van der Waals surface area contributed by atoms with Crippen LogP contribution in [-0.2, 0) is 0 Å². The highest BCUT2D eigenvalue weighted by atomic mass is 35.5. The number of halogens is 1. The molecule has 2 aromatic rings. The summed E-state index contributed by atoms with van der Waals surface area (Å²) in [5.74, 6) is 1.54. The number of ether oxygens (including phenoxy) is 4. The van der Waals surface area contributed by atoms with E-state index in [9.17, 15) is 4.79 Å². The fraction of sp³-hybridized carbons (Fsp3) is 0.235. The Kier molecular flexibility index (Phi) is 5.76. The predicted molar refractivity (Wildman–Crippen MR) is 92.1 cm³/mol. The molecule has 6 nitrogen and oxygen atoms in total. The second kappa shape index (κ2) is 7.79. The molecule has 0 aliphatic rings. The smallest absolute Gasteiger partial charge is 0.259 e. The SMILES string of the molecule is COc1ccc(C(=O)Nc2cc(OC)c(OC)cc2Cl)c(OC)c1. The highest BCUT2D eigenvalue weighted by Gasteiger charge is 2.17. The molecular weight excluding hydrogens is 334 g/mol. The van der Waals surface area contributed by atoms with Gasteiger partial charge in [-0.15, -0.1) is 0 Å². The first-order valence-corrected chi connectivity index (χ1v) is 7.36. The van der Waals surface area contributed by atoms with E-state index < -0.39 is 0 Å². The van der Waals surface area contributed by atoms with Crippen LogP contribution in [0.2, 0.25) is 5.02 Å². The van der Waals surface area contributed by atoms with Crippen molar-refractivity contribution >= 4 is 23.2 Å². The predicted octanol–water partition coefficient (Wildman–Crippen LogP) is 3.63. The minimum Gasteiger partial charge on any atom is -0.497 e. The molecular formula is C17H18ClNO5. The number of nitrogens with one attached hydrogen (secondary N) is 1. The number of rotatable bonds is 6. The first-order chi connectivity index (χ1) is 11.5. The summed E-state index contributed by atoms with van der Waals surface area (Å²) >= 11 is 6.19. The lowest BCUT2D eigenvalue weighted by Crippen LogP contribution is -2.13. The van der Waals surface area contributed by atoms with Crippen LogP contribution in [0, 0.1) is 0 Å². The van der Waals surface area contributed by atoms with Gasteiger partial charge in [-0.2, -0.15) is 0 Å². The van der Waals surface area contributed by atoms with E-state index in [-0.39, 0.29) is 5.91 Å². The summed E-state index contributed by atoms with van der Waals surface area (Å²) < 4.78 is 20.7. The van der Waals surface area contributed by atoms with Crippen molar-refractivity contribution in [3.05, 3.63) is 40.9 Å². The van der Waals surface area contributed by atoms with Crippen molar-refractivity contribution in [3.8, 4) is 23.0 Å². The Labute approximate surface area is 145 Å². The second-order valence-electron chi connectivity index (χ2n) is 4.71. The highest BCUT2D eigenvalue weighted by Crippen LogP contribution is 2.36. The lowest BCUT2D eigenvalue weighted by molar-refractivity contribution is 0.102. The third-order valence-corrected chi connectivity index (χ3v) is 3.69. The van der Waals surface area contributed by atoms with Crippen molar-refractivity contribution in [1.82, 2.24) is 0 Å². The molecule has 128 valence electrons. The molecule has 2 aromatic carbocycles. The first kappa shape index (κ1) is 17.7. The van der Waals surface area contributed by atoms with Crippen LogP contribution in [0.3, 0.4) is 0 Å². The molecule has 0 atom stereocenters. The van der Waals surface area contributed by atoms with Crippen LogP contribution in [0.15, 0.2) is 30.3 Å². The van der Waals surface area contributed by atoms with Gasteiger partial charge in [0.05, 0.1) is 44.7 Å². The van der Waals surface area contributed by atoms with E-state index in [2.05, 4.69) is 5.32 Å². The van der Waals surface area contributed by atoms with E-state index in [0.29, 0.717) is 39.3 Å². The van der Waals surface area contributed by atoms with Crippen molar-refractivity contribution in [2.24, 2.45) is 0 Å². The maximum absolute atomic E-state index is 12.5. The Balaban J connectivity index is 2.33. The van der Waals surface area contributed by atoms with Crippen LogP contribution in [0.1, 0.15) is 10.4 Å². The van der Waals surface area contributed by atoms with Crippen LogP contribution < -0.4 is 24.3 Å². The Hall–Kier alpha value is -2.60. The van der Waals surface area contributed by atoms with Gasteiger partial charge >= 0.3 is 0 Å². The van der Waals surface area contributed by atoms with Gasteiger partial charge in [0.1, 0.15) is 11.5 Å². The summed E-state index contributed by atoms with van der Waals surface area (Å²) in [4.78, 5) is 12.5. The zero-order valence-electron chi connectivity index (χ0n) is 13.8. The van der Waals surface area contributed by atoms with Gasteiger partial charge in [-0.05, 0) is 12.1 Å². The summed E-state index contributed by atoms with van der Waals surface area (Å²) in [5, 5.41) is 3.06. The maximum atomic E-state index is 12.5. The lowest BCUT2D eigenvalue weighted by atomic mass is 10.1. The van der Waals surface area contributed by atoms with E-state index in [4.69, 9.17) is 30.5 Å².